The van der Waals surface area contributed by atoms with Gasteiger partial charge in [0.05, 0.1) is 6.61 Å². The van der Waals surface area contributed by atoms with Gasteiger partial charge >= 0.3 is 0 Å². The van der Waals surface area contributed by atoms with E-state index in [1.165, 1.54) is 5.56 Å². The number of hydrogen-bond donors (Lipinski definition) is 2. The van der Waals surface area contributed by atoms with E-state index in [2.05, 4.69) is 39.8 Å². The summed E-state index contributed by atoms with van der Waals surface area (Å²) in [5, 5.41) is 0. The van der Waals surface area contributed by atoms with E-state index in [0.717, 1.165) is 16.9 Å². The van der Waals surface area contributed by atoms with Gasteiger partial charge in [0, 0.05) is 12.6 Å². The maximum absolute atomic E-state index is 6.07. The molecule has 0 aromatic heterocycles. The average Bonchev–Trinajstić information content (AvgIpc) is 2.27. The van der Waals surface area contributed by atoms with Crippen molar-refractivity contribution < 1.29 is 4.74 Å². The minimum Gasteiger partial charge on any atom is -0.494 e. The molecule has 1 rings (SSSR count). The second kappa shape index (κ2) is 5.72. The van der Waals surface area contributed by atoms with Crippen molar-refractivity contribution in [2.24, 2.45) is 11.5 Å². The predicted octanol–water partition coefficient (Wildman–Crippen LogP) is 2.65. The molecule has 0 aliphatic carbocycles. The zero-order valence-electron chi connectivity index (χ0n) is 12.2. The molecular formula is C15H26N2O. The Morgan fingerprint density at radius 1 is 1.28 bits per heavy atom. The zero-order chi connectivity index (χ0) is 13.9. The largest absolute Gasteiger partial charge is 0.494 e. The molecule has 0 aliphatic rings. The highest BCUT2D eigenvalue weighted by molar-refractivity contribution is 5.46. The molecule has 4 N–H and O–H groups in total. The Balaban J connectivity index is 3.36. The van der Waals surface area contributed by atoms with E-state index in [4.69, 9.17) is 16.2 Å². The lowest BCUT2D eigenvalue weighted by Gasteiger charge is -2.26. The molecule has 3 nitrogen and oxygen atoms in total. The van der Waals surface area contributed by atoms with Crippen molar-refractivity contribution in [1.82, 2.24) is 0 Å². The lowest BCUT2D eigenvalue weighted by molar-refractivity contribution is 0.329. The Morgan fingerprint density at radius 2 is 1.89 bits per heavy atom. The van der Waals surface area contributed by atoms with Crippen molar-refractivity contribution >= 4 is 0 Å². The smallest absolute Gasteiger partial charge is 0.123 e. The Bertz CT molecular complexity index is 408. The Labute approximate surface area is 111 Å². The number of ether oxygens (including phenoxy) is 1. The second-order valence-corrected chi connectivity index (χ2v) is 5.73. The van der Waals surface area contributed by atoms with Gasteiger partial charge in [0.1, 0.15) is 5.75 Å². The van der Waals surface area contributed by atoms with E-state index >= 15 is 0 Å². The second-order valence-electron chi connectivity index (χ2n) is 5.73. The molecule has 0 saturated heterocycles. The van der Waals surface area contributed by atoms with Crippen LogP contribution in [0.25, 0.3) is 0 Å². The minimum absolute atomic E-state index is 0.0290. The van der Waals surface area contributed by atoms with Crippen molar-refractivity contribution in [2.45, 2.75) is 46.1 Å². The zero-order valence-corrected chi connectivity index (χ0v) is 12.2. The van der Waals surface area contributed by atoms with Crippen LogP contribution in [0.3, 0.4) is 0 Å². The fourth-order valence-electron chi connectivity index (χ4n) is 2.09. The lowest BCUT2D eigenvalue weighted by atomic mass is 9.83. The van der Waals surface area contributed by atoms with Gasteiger partial charge in [-0.25, -0.2) is 0 Å². The van der Waals surface area contributed by atoms with Crippen LogP contribution in [0.15, 0.2) is 12.1 Å². The van der Waals surface area contributed by atoms with E-state index in [1.807, 2.05) is 6.92 Å². The summed E-state index contributed by atoms with van der Waals surface area (Å²) in [5.74, 6) is 0.954. The molecule has 0 spiro atoms. The van der Waals surface area contributed by atoms with Crippen molar-refractivity contribution in [2.75, 3.05) is 13.2 Å². The van der Waals surface area contributed by atoms with Crippen LogP contribution in [0, 0.1) is 6.92 Å². The van der Waals surface area contributed by atoms with Gasteiger partial charge in [0.25, 0.3) is 0 Å². The van der Waals surface area contributed by atoms with E-state index in [1.54, 1.807) is 0 Å². The summed E-state index contributed by atoms with van der Waals surface area (Å²) in [7, 11) is 0. The van der Waals surface area contributed by atoms with Gasteiger partial charge in [-0.2, -0.15) is 0 Å². The van der Waals surface area contributed by atoms with Gasteiger partial charge in [0.15, 0.2) is 0 Å². The third kappa shape index (κ3) is 3.24. The van der Waals surface area contributed by atoms with Crippen molar-refractivity contribution in [3.63, 3.8) is 0 Å². The minimum atomic E-state index is -0.109. The molecular weight excluding hydrogens is 224 g/mol. The molecule has 1 atom stereocenters. The summed E-state index contributed by atoms with van der Waals surface area (Å²) in [6.45, 7) is 11.7. The molecule has 102 valence electrons. The number of nitrogens with two attached hydrogens (primary N) is 2. The van der Waals surface area contributed by atoms with Crippen LogP contribution in [-0.2, 0) is 5.41 Å². The molecule has 0 bridgehead atoms. The van der Waals surface area contributed by atoms with Crippen LogP contribution in [-0.4, -0.2) is 13.2 Å². The van der Waals surface area contributed by atoms with Crippen molar-refractivity contribution in [3.8, 4) is 5.75 Å². The van der Waals surface area contributed by atoms with Gasteiger partial charge in [-0.15, -0.1) is 0 Å². The van der Waals surface area contributed by atoms with E-state index < -0.39 is 0 Å². The summed E-state index contributed by atoms with van der Waals surface area (Å²) in [5.41, 5.74) is 15.2. The Kier molecular flexibility index (Phi) is 4.77. The first kappa shape index (κ1) is 15.0. The topological polar surface area (TPSA) is 61.3 Å². The number of aryl methyl sites for hydroxylation is 1. The Hall–Kier alpha value is -1.06. The Morgan fingerprint density at radius 3 is 2.33 bits per heavy atom. The average molecular weight is 250 g/mol. The summed E-state index contributed by atoms with van der Waals surface area (Å²) >= 11 is 0. The molecule has 1 unspecified atom stereocenters. The molecule has 1 aromatic rings. The van der Waals surface area contributed by atoms with Crippen LogP contribution >= 0.6 is 0 Å². The van der Waals surface area contributed by atoms with Gasteiger partial charge < -0.3 is 16.2 Å². The third-order valence-corrected chi connectivity index (χ3v) is 3.13. The molecule has 18 heavy (non-hydrogen) atoms. The van der Waals surface area contributed by atoms with Crippen molar-refractivity contribution in [1.29, 1.82) is 0 Å². The van der Waals surface area contributed by atoms with E-state index in [9.17, 15) is 0 Å². The van der Waals surface area contributed by atoms with E-state index in [0.29, 0.717) is 13.2 Å². The summed E-state index contributed by atoms with van der Waals surface area (Å²) in [4.78, 5) is 0. The van der Waals surface area contributed by atoms with Crippen LogP contribution in [0.2, 0.25) is 0 Å². The van der Waals surface area contributed by atoms with Crippen molar-refractivity contribution in [3.05, 3.63) is 28.8 Å². The normalized spacial score (nSPS) is 13.5. The first-order valence-corrected chi connectivity index (χ1v) is 6.54. The van der Waals surface area contributed by atoms with Gasteiger partial charge in [-0.3, -0.25) is 0 Å². The van der Waals surface area contributed by atoms with Crippen LogP contribution in [0.5, 0.6) is 5.75 Å². The fourth-order valence-corrected chi connectivity index (χ4v) is 2.09. The highest BCUT2D eigenvalue weighted by atomic mass is 16.5. The summed E-state index contributed by atoms with van der Waals surface area (Å²) in [6.07, 6.45) is 0. The number of hydrogen-bond acceptors (Lipinski definition) is 3. The molecule has 0 heterocycles. The molecule has 0 radical (unpaired) electrons. The van der Waals surface area contributed by atoms with Crippen LogP contribution < -0.4 is 16.2 Å². The third-order valence-electron chi connectivity index (χ3n) is 3.13. The summed E-state index contributed by atoms with van der Waals surface area (Å²) in [6, 6.07) is 4.12. The number of rotatable bonds is 4. The molecule has 3 heteroatoms. The van der Waals surface area contributed by atoms with Crippen LogP contribution in [0.4, 0.5) is 0 Å². The van der Waals surface area contributed by atoms with Gasteiger partial charge in [0.2, 0.25) is 0 Å². The highest BCUT2D eigenvalue weighted by Crippen LogP contribution is 2.35. The summed E-state index contributed by atoms with van der Waals surface area (Å²) < 4.78 is 5.74. The quantitative estimate of drug-likeness (QED) is 0.863. The first-order chi connectivity index (χ1) is 8.31. The highest BCUT2D eigenvalue weighted by Gasteiger charge is 2.22. The number of benzene rings is 1. The van der Waals surface area contributed by atoms with Gasteiger partial charge in [-0.1, -0.05) is 20.8 Å². The van der Waals surface area contributed by atoms with Crippen LogP contribution in [0.1, 0.15) is 50.4 Å². The molecule has 0 saturated carbocycles. The predicted molar refractivity (Wildman–Crippen MR) is 77.0 cm³/mol. The maximum Gasteiger partial charge on any atom is 0.123 e. The standard InChI is InChI=1S/C15H26N2O/c1-6-18-14-7-10(2)11(13(17)9-16)8-12(14)15(3,4)5/h7-8,13H,6,9,16-17H2,1-5H3. The molecule has 0 amide bonds. The van der Waals surface area contributed by atoms with E-state index in [-0.39, 0.29) is 11.5 Å². The SMILES string of the molecule is CCOc1cc(C)c(C(N)CN)cc1C(C)(C)C. The molecule has 0 aliphatic heterocycles. The monoisotopic (exact) mass is 250 g/mol. The molecule has 1 aromatic carbocycles. The van der Waals surface area contributed by atoms with Gasteiger partial charge in [-0.05, 0) is 48.1 Å². The lowest BCUT2D eigenvalue weighted by Crippen LogP contribution is -2.23. The fraction of sp³-hybridized carbons (Fsp3) is 0.600. The molecule has 0 fully saturated rings. The maximum atomic E-state index is 6.07. The first-order valence-electron chi connectivity index (χ1n) is 6.54.